The van der Waals surface area contributed by atoms with Gasteiger partial charge in [-0.25, -0.2) is 4.79 Å². The number of hydrogen-bond acceptors (Lipinski definition) is 8. The number of aliphatic hydroxyl groups is 3. The van der Waals surface area contributed by atoms with Gasteiger partial charge in [-0.05, 0) is 35.4 Å². The zero-order valence-corrected chi connectivity index (χ0v) is 15.8. The molecule has 0 amide bonds. The molecule has 2 aromatic rings. The van der Waals surface area contributed by atoms with E-state index in [2.05, 4.69) is 0 Å². The minimum Gasteiger partial charge on any atom is -0.497 e. The molecule has 1 fully saturated rings. The Bertz CT molecular complexity index is 912. The van der Waals surface area contributed by atoms with Gasteiger partial charge in [-0.15, -0.1) is 0 Å². The zero-order chi connectivity index (χ0) is 21.3. The van der Waals surface area contributed by atoms with E-state index in [-0.39, 0.29) is 0 Å². The summed E-state index contributed by atoms with van der Waals surface area (Å²) in [5.41, 5.74) is 0.633. The monoisotopic (exact) mass is 406 g/mol. The Morgan fingerprint density at radius 1 is 1.00 bits per heavy atom. The molecule has 0 saturated carbocycles. The number of ether oxygens (including phenoxy) is 3. The maximum absolute atomic E-state index is 12.5. The second kappa shape index (κ2) is 8.34. The molecule has 1 aliphatic heterocycles. The average Bonchev–Trinajstić information content (AvgIpc) is 2.72. The number of carbonyl (C=O) groups excluding carboxylic acids is 1. The summed E-state index contributed by atoms with van der Waals surface area (Å²) in [7, 11) is 1.57. The van der Waals surface area contributed by atoms with Crippen molar-refractivity contribution in [3.8, 4) is 5.75 Å². The van der Waals surface area contributed by atoms with Crippen LogP contribution < -0.4 is 4.74 Å². The number of rotatable bonds is 5. The second-order valence-electron chi connectivity index (χ2n) is 6.87. The fourth-order valence-corrected chi connectivity index (χ4v) is 3.14. The fourth-order valence-electron chi connectivity index (χ4n) is 3.14. The molecular weight excluding hydrogens is 384 g/mol. The molecule has 2 aromatic carbocycles. The summed E-state index contributed by atoms with van der Waals surface area (Å²) >= 11 is 0. The fraction of sp³-hybridized carbons (Fsp3) is 0.400. The van der Waals surface area contributed by atoms with Gasteiger partial charge in [-0.2, -0.15) is 0 Å². The molecule has 0 unspecified atom stereocenters. The first-order valence-electron chi connectivity index (χ1n) is 8.93. The van der Waals surface area contributed by atoms with Crippen molar-refractivity contribution >= 4 is 22.7 Å². The van der Waals surface area contributed by atoms with Crippen LogP contribution in [0, 0.1) is 0 Å². The van der Waals surface area contributed by atoms with Gasteiger partial charge in [-0.1, -0.05) is 24.3 Å². The number of fused-ring (bicyclic) bond motifs is 1. The van der Waals surface area contributed by atoms with Crippen LogP contribution >= 0.6 is 0 Å². The lowest BCUT2D eigenvalue weighted by Crippen LogP contribution is -2.60. The lowest BCUT2D eigenvalue weighted by molar-refractivity contribution is -0.286. The molecule has 1 saturated heterocycles. The van der Waals surface area contributed by atoms with Crippen LogP contribution in [0.1, 0.15) is 18.4 Å². The van der Waals surface area contributed by atoms with Gasteiger partial charge in [0, 0.05) is 0 Å². The molecule has 0 aliphatic carbocycles. The maximum atomic E-state index is 12.5. The number of methoxy groups -OCH3 is 1. The quantitative estimate of drug-likeness (QED) is 0.518. The number of aliphatic carboxylic acids is 1. The predicted octanol–water partition coefficient (Wildman–Crippen LogP) is 0.387. The summed E-state index contributed by atoms with van der Waals surface area (Å²) < 4.78 is 15.3. The number of carbonyl (C=O) groups is 2. The van der Waals surface area contributed by atoms with Gasteiger partial charge in [0.25, 0.3) is 0 Å². The maximum Gasteiger partial charge on any atom is 0.335 e. The van der Waals surface area contributed by atoms with Crippen molar-refractivity contribution in [3.05, 3.63) is 42.0 Å². The summed E-state index contributed by atoms with van der Waals surface area (Å²) in [5, 5.41) is 40.3. The number of esters is 1. The smallest absolute Gasteiger partial charge is 0.335 e. The van der Waals surface area contributed by atoms with Crippen molar-refractivity contribution in [1.29, 1.82) is 0 Å². The third-order valence-electron chi connectivity index (χ3n) is 4.97. The molecule has 0 bridgehead atoms. The van der Waals surface area contributed by atoms with E-state index in [0.29, 0.717) is 11.3 Å². The van der Waals surface area contributed by atoms with Crippen LogP contribution in [-0.2, 0) is 19.1 Å². The van der Waals surface area contributed by atoms with Crippen LogP contribution in [0.15, 0.2) is 36.4 Å². The highest BCUT2D eigenvalue weighted by Gasteiger charge is 2.48. The molecule has 9 heteroatoms. The SMILES string of the molecule is COc1ccc2cc([C@@H](C)C(=O)O[C@H]3O[C@H](C(=O)O)[C@H](O)[C@@H](O)[C@H]3O)ccc2c1. The van der Waals surface area contributed by atoms with Crippen LogP contribution in [0.3, 0.4) is 0 Å². The molecule has 156 valence electrons. The van der Waals surface area contributed by atoms with Gasteiger partial charge in [0.2, 0.25) is 6.29 Å². The number of carboxylic acids is 1. The summed E-state index contributed by atoms with van der Waals surface area (Å²) in [4.78, 5) is 23.7. The van der Waals surface area contributed by atoms with Crippen molar-refractivity contribution in [2.45, 2.75) is 43.5 Å². The van der Waals surface area contributed by atoms with E-state index in [4.69, 9.17) is 19.3 Å². The van der Waals surface area contributed by atoms with Crippen LogP contribution in [0.5, 0.6) is 5.75 Å². The average molecular weight is 406 g/mol. The standard InChI is InChI=1S/C20H22O9/c1-9(10-3-4-12-8-13(27-2)6-5-11(12)7-10)19(26)29-20-16(23)14(21)15(22)17(28-20)18(24)25/h3-9,14-17,20-23H,1-2H3,(H,24,25)/t9-,14-,15-,16-,17+,20-/m1/s1. The normalized spacial score (nSPS) is 28.0. The first-order valence-corrected chi connectivity index (χ1v) is 8.93. The summed E-state index contributed by atoms with van der Waals surface area (Å²) in [6.45, 7) is 1.59. The number of carboxylic acid groups (broad SMARTS) is 1. The summed E-state index contributed by atoms with van der Waals surface area (Å²) in [6, 6.07) is 10.9. The van der Waals surface area contributed by atoms with Crippen molar-refractivity contribution in [1.82, 2.24) is 0 Å². The van der Waals surface area contributed by atoms with E-state index in [1.807, 2.05) is 18.2 Å². The van der Waals surface area contributed by atoms with E-state index in [1.54, 1.807) is 32.2 Å². The minimum absolute atomic E-state index is 0.633. The molecule has 3 rings (SSSR count). The Kier molecular flexibility index (Phi) is 6.04. The van der Waals surface area contributed by atoms with E-state index < -0.39 is 48.6 Å². The van der Waals surface area contributed by atoms with Crippen LogP contribution in [0.2, 0.25) is 0 Å². The molecule has 9 nitrogen and oxygen atoms in total. The molecule has 1 heterocycles. The lowest BCUT2D eigenvalue weighted by Gasteiger charge is -2.38. The topological polar surface area (TPSA) is 143 Å². The molecule has 0 spiro atoms. The van der Waals surface area contributed by atoms with E-state index in [0.717, 1.165) is 10.8 Å². The third kappa shape index (κ3) is 4.18. The minimum atomic E-state index is -1.85. The Labute approximate surface area is 166 Å². The van der Waals surface area contributed by atoms with Gasteiger partial charge in [0.15, 0.2) is 6.10 Å². The lowest BCUT2D eigenvalue weighted by atomic mass is 9.97. The Morgan fingerprint density at radius 2 is 1.66 bits per heavy atom. The molecule has 1 aliphatic rings. The van der Waals surface area contributed by atoms with Gasteiger partial charge in [-0.3, -0.25) is 4.79 Å². The summed E-state index contributed by atoms with van der Waals surface area (Å²) in [6.07, 6.45) is -9.05. The highest BCUT2D eigenvalue weighted by Crippen LogP contribution is 2.28. The predicted molar refractivity (Wildman–Crippen MR) is 99.3 cm³/mol. The van der Waals surface area contributed by atoms with Crippen LogP contribution in [0.25, 0.3) is 10.8 Å². The molecule has 29 heavy (non-hydrogen) atoms. The Balaban J connectivity index is 1.76. The zero-order valence-electron chi connectivity index (χ0n) is 15.8. The highest BCUT2D eigenvalue weighted by atomic mass is 16.7. The number of hydrogen-bond donors (Lipinski definition) is 4. The number of aliphatic hydroxyl groups excluding tert-OH is 3. The van der Waals surface area contributed by atoms with E-state index >= 15 is 0 Å². The molecular formula is C20H22O9. The van der Waals surface area contributed by atoms with Crippen LogP contribution in [-0.4, -0.2) is 70.2 Å². The van der Waals surface area contributed by atoms with Crippen LogP contribution in [0.4, 0.5) is 0 Å². The van der Waals surface area contributed by atoms with Crippen molar-refractivity contribution in [2.75, 3.05) is 7.11 Å². The van der Waals surface area contributed by atoms with E-state index in [9.17, 15) is 24.9 Å². The molecule has 6 atom stereocenters. The van der Waals surface area contributed by atoms with Crippen molar-refractivity contribution < 1.29 is 44.2 Å². The van der Waals surface area contributed by atoms with Gasteiger partial charge in [0.05, 0.1) is 13.0 Å². The van der Waals surface area contributed by atoms with Crippen molar-refractivity contribution in [3.63, 3.8) is 0 Å². The molecule has 0 radical (unpaired) electrons. The highest BCUT2D eigenvalue weighted by molar-refractivity contribution is 5.86. The Hall–Kier alpha value is -2.72. The largest absolute Gasteiger partial charge is 0.497 e. The van der Waals surface area contributed by atoms with Gasteiger partial charge < -0.3 is 34.6 Å². The van der Waals surface area contributed by atoms with Gasteiger partial charge in [0.1, 0.15) is 24.1 Å². The second-order valence-corrected chi connectivity index (χ2v) is 6.87. The van der Waals surface area contributed by atoms with Gasteiger partial charge >= 0.3 is 11.9 Å². The number of benzene rings is 2. The molecule has 4 N–H and O–H groups in total. The first kappa shape index (κ1) is 21.0. The first-order chi connectivity index (χ1) is 13.7. The third-order valence-corrected chi connectivity index (χ3v) is 4.97. The summed E-state index contributed by atoms with van der Waals surface area (Å²) in [5.74, 6) is -2.39. The molecule has 0 aromatic heterocycles. The van der Waals surface area contributed by atoms with E-state index in [1.165, 1.54) is 0 Å². The van der Waals surface area contributed by atoms with Crippen molar-refractivity contribution in [2.24, 2.45) is 0 Å². The Morgan fingerprint density at radius 3 is 2.31 bits per heavy atom.